The molecule has 8 nitrogen and oxygen atoms in total. The minimum absolute atomic E-state index is 0.0850. The lowest BCUT2D eigenvalue weighted by molar-refractivity contribution is 0.102. The fourth-order valence-corrected chi connectivity index (χ4v) is 4.88. The summed E-state index contributed by atoms with van der Waals surface area (Å²) in [5.74, 6) is -0.428. The number of benzene rings is 3. The zero-order valence-electron chi connectivity index (χ0n) is 18.1. The van der Waals surface area contributed by atoms with Crippen molar-refractivity contribution >= 4 is 38.5 Å². The summed E-state index contributed by atoms with van der Waals surface area (Å²) in [4.78, 5) is 13.2. The summed E-state index contributed by atoms with van der Waals surface area (Å²) in [6.07, 6.45) is 1.56. The van der Waals surface area contributed by atoms with Crippen LogP contribution in [0.15, 0.2) is 76.5 Å². The van der Waals surface area contributed by atoms with E-state index in [1.165, 1.54) is 56.6 Å². The Labute approximate surface area is 195 Å². The number of nitriles is 1. The third kappa shape index (κ3) is 5.28. The molecule has 0 saturated heterocycles. The number of amides is 1. The SMILES string of the molecule is COc1ccc(C(=O)Nc2ccc([S+](C)[O-])cc2)cc1S(=O)(=O)N(C)c1ccc(C#N)cc1. The molecule has 1 unspecified atom stereocenters. The van der Waals surface area contributed by atoms with Crippen molar-refractivity contribution in [3.8, 4) is 11.8 Å². The molecule has 0 heterocycles. The number of carbonyl (C=O) groups is 1. The Kier molecular flexibility index (Phi) is 7.28. The first kappa shape index (κ1) is 24.1. The summed E-state index contributed by atoms with van der Waals surface area (Å²) in [6, 6.07) is 18.7. The normalized spacial score (nSPS) is 11.8. The molecule has 33 heavy (non-hydrogen) atoms. The average molecular weight is 484 g/mol. The van der Waals surface area contributed by atoms with Gasteiger partial charge in [0, 0.05) is 18.3 Å². The van der Waals surface area contributed by atoms with Crippen LogP contribution in [0.3, 0.4) is 0 Å². The maximum atomic E-state index is 13.3. The van der Waals surface area contributed by atoms with Gasteiger partial charge < -0.3 is 14.6 Å². The number of rotatable bonds is 7. The van der Waals surface area contributed by atoms with Crippen LogP contribution in [0.5, 0.6) is 5.75 Å². The molecule has 0 aliphatic carbocycles. The smallest absolute Gasteiger partial charge is 0.267 e. The molecule has 1 amide bonds. The van der Waals surface area contributed by atoms with Crippen molar-refractivity contribution in [3.63, 3.8) is 0 Å². The van der Waals surface area contributed by atoms with E-state index in [1.807, 2.05) is 6.07 Å². The molecule has 3 aromatic carbocycles. The Bertz CT molecular complexity index is 1300. The predicted molar refractivity (Wildman–Crippen MR) is 126 cm³/mol. The maximum Gasteiger partial charge on any atom is 0.267 e. The van der Waals surface area contributed by atoms with Crippen molar-refractivity contribution in [1.29, 1.82) is 5.26 Å². The third-order valence-corrected chi connectivity index (χ3v) is 7.61. The van der Waals surface area contributed by atoms with E-state index < -0.39 is 27.1 Å². The molecule has 3 rings (SSSR count). The molecule has 0 fully saturated rings. The Morgan fingerprint density at radius 3 is 2.27 bits per heavy atom. The van der Waals surface area contributed by atoms with Gasteiger partial charge in [0.15, 0.2) is 4.90 Å². The highest BCUT2D eigenvalue weighted by molar-refractivity contribution is 7.93. The maximum absolute atomic E-state index is 13.3. The highest BCUT2D eigenvalue weighted by atomic mass is 32.2. The minimum atomic E-state index is -4.09. The van der Waals surface area contributed by atoms with E-state index in [0.717, 1.165) is 4.31 Å². The van der Waals surface area contributed by atoms with Crippen molar-refractivity contribution in [1.82, 2.24) is 0 Å². The molecular formula is C23H21N3O5S2. The second-order valence-corrected chi connectivity index (χ2v) is 10.2. The number of methoxy groups -OCH3 is 1. The molecule has 0 aromatic heterocycles. The summed E-state index contributed by atoms with van der Waals surface area (Å²) in [6.45, 7) is 0. The quantitative estimate of drug-likeness (QED) is 0.514. The number of nitrogens with zero attached hydrogens (tertiary/aromatic N) is 2. The van der Waals surface area contributed by atoms with E-state index in [9.17, 15) is 17.8 Å². The Morgan fingerprint density at radius 1 is 1.09 bits per heavy atom. The van der Waals surface area contributed by atoms with Gasteiger partial charge in [0.25, 0.3) is 15.9 Å². The second-order valence-electron chi connectivity index (χ2n) is 6.93. The predicted octanol–water partition coefficient (Wildman–Crippen LogP) is 3.38. The fraction of sp³-hybridized carbons (Fsp3) is 0.130. The Balaban J connectivity index is 1.92. The number of hydrogen-bond acceptors (Lipinski definition) is 6. The van der Waals surface area contributed by atoms with Crippen LogP contribution in [0.25, 0.3) is 0 Å². The lowest BCUT2D eigenvalue weighted by Gasteiger charge is -2.21. The first-order valence-corrected chi connectivity index (χ1v) is 12.6. The highest BCUT2D eigenvalue weighted by Crippen LogP contribution is 2.30. The van der Waals surface area contributed by atoms with Gasteiger partial charge in [-0.1, -0.05) is 0 Å². The van der Waals surface area contributed by atoms with Crippen LogP contribution in [0.4, 0.5) is 11.4 Å². The van der Waals surface area contributed by atoms with Gasteiger partial charge in [0.2, 0.25) is 0 Å². The fourth-order valence-electron chi connectivity index (χ4n) is 2.98. The van der Waals surface area contributed by atoms with E-state index in [0.29, 0.717) is 21.8 Å². The van der Waals surface area contributed by atoms with Gasteiger partial charge in [0.1, 0.15) is 16.9 Å². The van der Waals surface area contributed by atoms with Crippen LogP contribution in [0, 0.1) is 11.3 Å². The largest absolute Gasteiger partial charge is 0.612 e. The standard InChI is InChI=1S/C23H21N3O5S2/c1-26(19-9-4-16(15-24)5-10-19)33(29,30)22-14-17(6-13-21(22)31-2)23(27)25-18-7-11-20(12-8-18)32(3)28/h4-14H,1-3H3,(H,25,27). The van der Waals surface area contributed by atoms with Gasteiger partial charge in [-0.3, -0.25) is 9.10 Å². The monoisotopic (exact) mass is 483 g/mol. The van der Waals surface area contributed by atoms with Crippen LogP contribution in [0.1, 0.15) is 15.9 Å². The van der Waals surface area contributed by atoms with Crippen LogP contribution in [0.2, 0.25) is 0 Å². The van der Waals surface area contributed by atoms with Crippen molar-refractivity contribution in [2.75, 3.05) is 30.0 Å². The van der Waals surface area contributed by atoms with E-state index in [1.54, 1.807) is 30.5 Å². The summed E-state index contributed by atoms with van der Waals surface area (Å²) in [5, 5.41) is 11.6. The molecule has 3 aromatic rings. The topological polar surface area (TPSA) is 123 Å². The number of carbonyl (C=O) groups excluding carboxylic acids is 1. The molecule has 10 heteroatoms. The number of hydrogen-bond donors (Lipinski definition) is 1. The van der Waals surface area contributed by atoms with Crippen molar-refractivity contribution in [2.24, 2.45) is 0 Å². The van der Waals surface area contributed by atoms with Crippen molar-refractivity contribution < 1.29 is 22.5 Å². The molecule has 1 atom stereocenters. The van der Waals surface area contributed by atoms with Gasteiger partial charge in [-0.2, -0.15) is 5.26 Å². The van der Waals surface area contributed by atoms with Gasteiger partial charge in [-0.25, -0.2) is 8.42 Å². The molecule has 0 radical (unpaired) electrons. The summed E-state index contributed by atoms with van der Waals surface area (Å²) >= 11 is -1.14. The highest BCUT2D eigenvalue weighted by Gasteiger charge is 2.27. The van der Waals surface area contributed by atoms with Crippen LogP contribution in [-0.4, -0.2) is 39.3 Å². The first-order chi connectivity index (χ1) is 15.7. The molecule has 1 N–H and O–H groups in total. The lowest BCUT2D eigenvalue weighted by Crippen LogP contribution is -2.27. The molecule has 0 aliphatic heterocycles. The third-order valence-electron chi connectivity index (χ3n) is 4.87. The molecule has 0 aliphatic rings. The summed E-state index contributed by atoms with van der Waals surface area (Å²) in [5.41, 5.74) is 1.34. The zero-order valence-corrected chi connectivity index (χ0v) is 19.7. The summed E-state index contributed by atoms with van der Waals surface area (Å²) in [7, 11) is -1.37. The van der Waals surface area contributed by atoms with Crippen LogP contribution >= 0.6 is 0 Å². The molecular weight excluding hydrogens is 462 g/mol. The van der Waals surface area contributed by atoms with Gasteiger partial charge in [-0.15, -0.1) is 0 Å². The second kappa shape index (κ2) is 9.95. The van der Waals surface area contributed by atoms with E-state index in [4.69, 9.17) is 10.00 Å². The average Bonchev–Trinajstić information content (AvgIpc) is 2.83. The number of sulfonamides is 1. The lowest BCUT2D eigenvalue weighted by atomic mass is 10.2. The zero-order chi connectivity index (χ0) is 24.2. The van der Waals surface area contributed by atoms with E-state index in [2.05, 4.69) is 5.32 Å². The van der Waals surface area contributed by atoms with Gasteiger partial charge >= 0.3 is 0 Å². The molecule has 170 valence electrons. The Morgan fingerprint density at radius 2 is 1.73 bits per heavy atom. The van der Waals surface area contributed by atoms with E-state index >= 15 is 0 Å². The summed E-state index contributed by atoms with van der Waals surface area (Å²) < 4.78 is 44.4. The Hall–Kier alpha value is -3.52. The molecule has 0 bridgehead atoms. The van der Waals surface area contributed by atoms with Crippen molar-refractivity contribution in [3.05, 3.63) is 77.9 Å². The van der Waals surface area contributed by atoms with Crippen LogP contribution in [-0.2, 0) is 21.2 Å². The molecule has 0 saturated carbocycles. The van der Waals surface area contributed by atoms with E-state index in [-0.39, 0.29) is 16.2 Å². The van der Waals surface area contributed by atoms with Crippen molar-refractivity contribution in [2.45, 2.75) is 9.79 Å². The minimum Gasteiger partial charge on any atom is -0.612 e. The number of ether oxygens (including phenoxy) is 1. The van der Waals surface area contributed by atoms with Gasteiger partial charge in [-0.05, 0) is 77.9 Å². The number of anilines is 2. The number of nitrogens with one attached hydrogen (secondary N) is 1. The van der Waals surface area contributed by atoms with Gasteiger partial charge in [0.05, 0.1) is 24.4 Å². The molecule has 0 spiro atoms. The first-order valence-electron chi connectivity index (χ1n) is 9.59. The van der Waals surface area contributed by atoms with Crippen LogP contribution < -0.4 is 14.4 Å².